The molecule has 1 aromatic carbocycles. The van der Waals surface area contributed by atoms with Crippen LogP contribution < -0.4 is 0 Å². The number of aliphatic hydroxyl groups is 1. The number of hydrogen-bond donors (Lipinski definition) is 1. The largest absolute Gasteiger partial charge is 0.389 e. The summed E-state index contributed by atoms with van der Waals surface area (Å²) < 4.78 is 39.8. The van der Waals surface area contributed by atoms with Gasteiger partial charge in [-0.3, -0.25) is 0 Å². The normalized spacial score (nSPS) is 25.1. The Hall–Kier alpha value is -1.02. The zero-order valence-corrected chi connectivity index (χ0v) is 11.4. The molecule has 5 nitrogen and oxygen atoms in total. The number of nitrogens with zero attached hydrogens (tertiary/aromatic N) is 2. The van der Waals surface area contributed by atoms with Crippen LogP contribution in [0.4, 0.5) is 4.39 Å². The third kappa shape index (κ3) is 3.11. The molecular weight excluding hydrogens is 271 g/mol. The lowest BCUT2D eigenvalue weighted by Gasteiger charge is -2.23. The van der Waals surface area contributed by atoms with Crippen molar-refractivity contribution in [2.45, 2.75) is 18.8 Å². The fraction of sp³-hybridized carbons (Fsp3) is 0.500. The minimum Gasteiger partial charge on any atom is -0.389 e. The second-order valence-electron chi connectivity index (χ2n) is 4.65. The molecule has 1 N–H and O–H groups in total. The summed E-state index contributed by atoms with van der Waals surface area (Å²) in [5.41, 5.74) is 0.852. The third-order valence-electron chi connectivity index (χ3n) is 3.15. The molecule has 1 fully saturated rings. The monoisotopic (exact) mass is 288 g/mol. The Morgan fingerprint density at radius 2 is 2.00 bits per heavy atom. The molecule has 0 bridgehead atoms. The molecular formula is C12H17FN2O3S. The Bertz CT molecular complexity index is 513. The van der Waals surface area contributed by atoms with Gasteiger partial charge in [0.1, 0.15) is 12.3 Å². The van der Waals surface area contributed by atoms with Gasteiger partial charge in [-0.15, -0.1) is 0 Å². The van der Waals surface area contributed by atoms with Gasteiger partial charge < -0.3 is 5.11 Å². The second-order valence-corrected chi connectivity index (χ2v) is 6.69. The summed E-state index contributed by atoms with van der Waals surface area (Å²) in [5, 5.41) is 9.30. The van der Waals surface area contributed by atoms with Gasteiger partial charge in [-0.25, -0.2) is 4.39 Å². The zero-order chi connectivity index (χ0) is 14.0. The van der Waals surface area contributed by atoms with Crippen LogP contribution in [0.2, 0.25) is 0 Å². The first-order valence-corrected chi connectivity index (χ1v) is 7.38. The number of benzene rings is 1. The molecule has 7 heteroatoms. The van der Waals surface area contributed by atoms with Gasteiger partial charge >= 0.3 is 0 Å². The summed E-state index contributed by atoms with van der Waals surface area (Å²) in [5.74, 6) is 0. The molecule has 19 heavy (non-hydrogen) atoms. The zero-order valence-electron chi connectivity index (χ0n) is 10.6. The van der Waals surface area contributed by atoms with Crippen LogP contribution in [0.1, 0.15) is 5.56 Å². The van der Waals surface area contributed by atoms with Crippen molar-refractivity contribution in [3.63, 3.8) is 0 Å². The van der Waals surface area contributed by atoms with Gasteiger partial charge in [0.2, 0.25) is 0 Å². The third-order valence-corrected chi connectivity index (χ3v) is 5.02. The van der Waals surface area contributed by atoms with E-state index in [2.05, 4.69) is 0 Å². The van der Waals surface area contributed by atoms with Crippen LogP contribution in [-0.2, 0) is 16.8 Å². The summed E-state index contributed by atoms with van der Waals surface area (Å²) >= 11 is 0. The average molecular weight is 288 g/mol. The first-order valence-electron chi connectivity index (χ1n) is 5.98. The Morgan fingerprint density at radius 3 is 2.53 bits per heavy atom. The van der Waals surface area contributed by atoms with Crippen LogP contribution in [0.25, 0.3) is 0 Å². The quantitative estimate of drug-likeness (QED) is 0.871. The van der Waals surface area contributed by atoms with Crippen LogP contribution in [0.5, 0.6) is 0 Å². The van der Waals surface area contributed by atoms with Crippen molar-refractivity contribution < 1.29 is 17.9 Å². The summed E-state index contributed by atoms with van der Waals surface area (Å²) in [6.07, 6.45) is -2.75. The first kappa shape index (κ1) is 14.4. The minimum absolute atomic E-state index is 0.192. The van der Waals surface area contributed by atoms with E-state index in [1.807, 2.05) is 30.3 Å². The maximum absolute atomic E-state index is 13.2. The van der Waals surface area contributed by atoms with Gasteiger partial charge in [0.15, 0.2) is 0 Å². The van der Waals surface area contributed by atoms with E-state index in [0.29, 0.717) is 0 Å². The van der Waals surface area contributed by atoms with Crippen LogP contribution in [0.3, 0.4) is 0 Å². The van der Waals surface area contributed by atoms with Crippen molar-refractivity contribution in [2.24, 2.45) is 0 Å². The van der Waals surface area contributed by atoms with E-state index in [4.69, 9.17) is 0 Å². The predicted molar refractivity (Wildman–Crippen MR) is 69.3 cm³/mol. The summed E-state index contributed by atoms with van der Waals surface area (Å²) in [6, 6.07) is 9.15. The minimum atomic E-state index is -3.74. The highest BCUT2D eigenvalue weighted by Gasteiger charge is 2.39. The number of alkyl halides is 1. The Labute approximate surface area is 112 Å². The lowest BCUT2D eigenvalue weighted by Crippen LogP contribution is -2.40. The first-order chi connectivity index (χ1) is 8.91. The maximum atomic E-state index is 13.2. The molecule has 2 atom stereocenters. The predicted octanol–water partition coefficient (Wildman–Crippen LogP) is 0.378. The highest BCUT2D eigenvalue weighted by Crippen LogP contribution is 2.20. The van der Waals surface area contributed by atoms with Gasteiger partial charge in [-0.2, -0.15) is 17.0 Å². The standard InChI is InChI=1S/C12H17FN2O3S/c1-14(7-10-5-3-2-4-6-10)19(17,18)15-8-11(13)12(16)9-15/h2-6,11-12,16H,7-9H2,1H3/t11-,12-/m1/s1. The van der Waals surface area contributed by atoms with Crippen LogP contribution in [-0.4, -0.2) is 54.5 Å². The number of rotatable bonds is 4. The fourth-order valence-corrected chi connectivity index (χ4v) is 3.40. The van der Waals surface area contributed by atoms with Crippen molar-refractivity contribution in [2.75, 3.05) is 20.1 Å². The molecule has 1 saturated heterocycles. The molecule has 0 spiro atoms. The molecule has 0 amide bonds. The van der Waals surface area contributed by atoms with Gasteiger partial charge in [-0.1, -0.05) is 30.3 Å². The lowest BCUT2D eigenvalue weighted by molar-refractivity contribution is 0.117. The Morgan fingerprint density at radius 1 is 1.37 bits per heavy atom. The summed E-state index contributed by atoms with van der Waals surface area (Å²) in [6.45, 7) is -0.266. The number of hydrogen-bond acceptors (Lipinski definition) is 3. The molecule has 1 heterocycles. The topological polar surface area (TPSA) is 60.9 Å². The van der Waals surface area contributed by atoms with Gasteiger partial charge in [-0.05, 0) is 5.56 Å². The van der Waals surface area contributed by atoms with E-state index < -0.39 is 22.5 Å². The number of aliphatic hydroxyl groups excluding tert-OH is 1. The average Bonchev–Trinajstić information content (AvgIpc) is 2.71. The van der Waals surface area contributed by atoms with E-state index in [0.717, 1.165) is 14.2 Å². The fourth-order valence-electron chi connectivity index (χ4n) is 2.02. The Kier molecular flexibility index (Phi) is 4.19. The summed E-state index contributed by atoms with van der Waals surface area (Å²) in [7, 11) is -2.29. The van der Waals surface area contributed by atoms with E-state index in [9.17, 15) is 17.9 Å². The smallest absolute Gasteiger partial charge is 0.282 e. The molecule has 2 rings (SSSR count). The van der Waals surface area contributed by atoms with E-state index in [1.54, 1.807) is 0 Å². The van der Waals surface area contributed by atoms with Crippen molar-refractivity contribution in [3.8, 4) is 0 Å². The molecule has 0 aromatic heterocycles. The second kappa shape index (κ2) is 5.54. The van der Waals surface area contributed by atoms with Gasteiger partial charge in [0.25, 0.3) is 10.2 Å². The van der Waals surface area contributed by atoms with E-state index in [1.165, 1.54) is 7.05 Å². The van der Waals surface area contributed by atoms with E-state index >= 15 is 0 Å². The highest BCUT2D eigenvalue weighted by atomic mass is 32.2. The van der Waals surface area contributed by atoms with Crippen LogP contribution in [0, 0.1) is 0 Å². The molecule has 0 unspecified atom stereocenters. The molecule has 1 aromatic rings. The molecule has 106 valence electrons. The molecule has 0 radical (unpaired) electrons. The highest BCUT2D eigenvalue weighted by molar-refractivity contribution is 7.86. The van der Waals surface area contributed by atoms with Gasteiger partial charge in [0, 0.05) is 26.7 Å². The van der Waals surface area contributed by atoms with Crippen molar-refractivity contribution in [1.82, 2.24) is 8.61 Å². The number of β-amino-alcohol motifs (C(OH)–C–C–N with tert-alkyl or cyclic N) is 1. The lowest BCUT2D eigenvalue weighted by atomic mass is 10.2. The number of halogens is 1. The molecule has 1 aliphatic heterocycles. The van der Waals surface area contributed by atoms with Gasteiger partial charge in [0.05, 0.1) is 0 Å². The van der Waals surface area contributed by atoms with Crippen LogP contribution in [0.15, 0.2) is 30.3 Å². The molecule has 1 aliphatic rings. The summed E-state index contributed by atoms with van der Waals surface area (Å²) in [4.78, 5) is 0. The van der Waals surface area contributed by atoms with Crippen molar-refractivity contribution in [3.05, 3.63) is 35.9 Å². The van der Waals surface area contributed by atoms with Crippen molar-refractivity contribution >= 4 is 10.2 Å². The SMILES string of the molecule is CN(Cc1ccccc1)S(=O)(=O)N1C[C@@H](O)[C@H](F)C1. The molecule has 0 saturated carbocycles. The maximum Gasteiger partial charge on any atom is 0.282 e. The van der Waals surface area contributed by atoms with Crippen molar-refractivity contribution in [1.29, 1.82) is 0 Å². The molecule has 0 aliphatic carbocycles. The van der Waals surface area contributed by atoms with Crippen LogP contribution >= 0.6 is 0 Å². The van der Waals surface area contributed by atoms with E-state index in [-0.39, 0.29) is 19.6 Å². The Balaban J connectivity index is 2.08.